The van der Waals surface area contributed by atoms with Crippen LogP contribution >= 0.6 is 0 Å². The number of carboxylic acids is 1. The van der Waals surface area contributed by atoms with Crippen LogP contribution in [0.3, 0.4) is 0 Å². The minimum absolute atomic E-state index is 0.279. The van der Waals surface area contributed by atoms with Crippen LogP contribution in [-0.4, -0.2) is 24.8 Å². The standard InChI is InChI=1S/C10H18O4/c1-3-4-5-6-9(10(11)12)7-8-14-13-2/h6H,3-5,7-8H2,1-2H3,(H,11,12). The van der Waals surface area contributed by atoms with Crippen LogP contribution in [0.5, 0.6) is 0 Å². The smallest absolute Gasteiger partial charge is 0.331 e. The van der Waals surface area contributed by atoms with Gasteiger partial charge in [0, 0.05) is 12.0 Å². The maximum atomic E-state index is 10.7. The average molecular weight is 202 g/mol. The molecular weight excluding hydrogens is 184 g/mol. The minimum Gasteiger partial charge on any atom is -0.478 e. The molecule has 0 bridgehead atoms. The van der Waals surface area contributed by atoms with E-state index < -0.39 is 5.97 Å². The van der Waals surface area contributed by atoms with Crippen molar-refractivity contribution in [2.45, 2.75) is 32.6 Å². The van der Waals surface area contributed by atoms with Crippen LogP contribution in [-0.2, 0) is 14.6 Å². The second kappa shape index (κ2) is 8.72. The zero-order chi connectivity index (χ0) is 10.8. The normalized spacial score (nSPS) is 11.7. The Morgan fingerprint density at radius 2 is 2.21 bits per heavy atom. The molecule has 14 heavy (non-hydrogen) atoms. The highest BCUT2D eigenvalue weighted by atomic mass is 17.2. The fourth-order valence-corrected chi connectivity index (χ4v) is 1.01. The van der Waals surface area contributed by atoms with Gasteiger partial charge in [-0.05, 0) is 6.42 Å². The molecule has 0 fully saturated rings. The summed E-state index contributed by atoms with van der Waals surface area (Å²) in [6.07, 6.45) is 5.03. The molecule has 0 rings (SSSR count). The van der Waals surface area contributed by atoms with E-state index >= 15 is 0 Å². The maximum Gasteiger partial charge on any atom is 0.331 e. The molecule has 0 saturated heterocycles. The van der Waals surface area contributed by atoms with E-state index in [1.807, 2.05) is 0 Å². The van der Waals surface area contributed by atoms with Crippen molar-refractivity contribution < 1.29 is 19.7 Å². The van der Waals surface area contributed by atoms with E-state index in [0.717, 1.165) is 19.3 Å². The number of unbranched alkanes of at least 4 members (excludes halogenated alkanes) is 2. The lowest BCUT2D eigenvalue weighted by Gasteiger charge is -2.01. The highest BCUT2D eigenvalue weighted by molar-refractivity contribution is 5.86. The molecule has 1 N–H and O–H groups in total. The molecule has 0 amide bonds. The van der Waals surface area contributed by atoms with Gasteiger partial charge in [0.15, 0.2) is 0 Å². The Morgan fingerprint density at radius 3 is 2.71 bits per heavy atom. The number of carboxylic acid groups (broad SMARTS) is 1. The Hall–Kier alpha value is -0.870. The molecule has 0 aromatic carbocycles. The molecular formula is C10H18O4. The van der Waals surface area contributed by atoms with Gasteiger partial charge in [-0.25, -0.2) is 14.6 Å². The number of hydrogen-bond donors (Lipinski definition) is 1. The molecule has 4 nitrogen and oxygen atoms in total. The number of carbonyl (C=O) groups is 1. The molecule has 0 saturated carbocycles. The maximum absolute atomic E-state index is 10.7. The summed E-state index contributed by atoms with van der Waals surface area (Å²) in [5, 5.41) is 8.81. The zero-order valence-electron chi connectivity index (χ0n) is 8.78. The molecule has 0 aromatic rings. The minimum atomic E-state index is -0.874. The van der Waals surface area contributed by atoms with Crippen molar-refractivity contribution in [2.75, 3.05) is 13.7 Å². The third kappa shape index (κ3) is 6.62. The molecule has 0 unspecified atom stereocenters. The largest absolute Gasteiger partial charge is 0.478 e. The summed E-state index contributed by atoms with van der Waals surface area (Å²) in [5.74, 6) is -0.874. The fraction of sp³-hybridized carbons (Fsp3) is 0.700. The van der Waals surface area contributed by atoms with Gasteiger partial charge >= 0.3 is 5.97 Å². The van der Waals surface area contributed by atoms with Gasteiger partial charge in [-0.15, -0.1) is 0 Å². The summed E-state index contributed by atoms with van der Waals surface area (Å²) < 4.78 is 0. The van der Waals surface area contributed by atoms with E-state index in [1.54, 1.807) is 6.08 Å². The van der Waals surface area contributed by atoms with Crippen LogP contribution < -0.4 is 0 Å². The highest BCUT2D eigenvalue weighted by Gasteiger charge is 2.06. The van der Waals surface area contributed by atoms with Gasteiger partial charge < -0.3 is 5.11 Å². The predicted octanol–water partition coefficient (Wildman–Crippen LogP) is 2.16. The first-order valence-electron chi connectivity index (χ1n) is 4.80. The average Bonchev–Trinajstić information content (AvgIpc) is 2.15. The lowest BCUT2D eigenvalue weighted by atomic mass is 10.1. The quantitative estimate of drug-likeness (QED) is 0.283. The summed E-state index contributed by atoms with van der Waals surface area (Å²) >= 11 is 0. The molecule has 4 heteroatoms. The van der Waals surface area contributed by atoms with Gasteiger partial charge in [0.1, 0.15) is 0 Å². The third-order valence-electron chi connectivity index (χ3n) is 1.80. The summed E-state index contributed by atoms with van der Waals surface area (Å²) in [4.78, 5) is 19.7. The number of aliphatic carboxylic acids is 1. The van der Waals surface area contributed by atoms with E-state index in [1.165, 1.54) is 7.11 Å². The molecule has 0 aliphatic rings. The van der Waals surface area contributed by atoms with E-state index in [2.05, 4.69) is 16.7 Å². The van der Waals surface area contributed by atoms with Gasteiger partial charge in [-0.2, -0.15) is 0 Å². The number of rotatable bonds is 8. The van der Waals surface area contributed by atoms with Crippen LogP contribution in [0.15, 0.2) is 11.6 Å². The van der Waals surface area contributed by atoms with Gasteiger partial charge in [0.2, 0.25) is 0 Å². The topological polar surface area (TPSA) is 55.8 Å². The second-order valence-corrected chi connectivity index (χ2v) is 2.92. The second-order valence-electron chi connectivity index (χ2n) is 2.92. The Morgan fingerprint density at radius 1 is 1.50 bits per heavy atom. The summed E-state index contributed by atoms with van der Waals surface area (Å²) in [7, 11) is 1.40. The molecule has 0 heterocycles. The lowest BCUT2D eigenvalue weighted by Crippen LogP contribution is -2.04. The summed E-state index contributed by atoms with van der Waals surface area (Å²) in [6, 6.07) is 0. The van der Waals surface area contributed by atoms with E-state index in [0.29, 0.717) is 12.0 Å². The molecule has 0 radical (unpaired) electrons. The van der Waals surface area contributed by atoms with E-state index in [9.17, 15) is 4.79 Å². The first kappa shape index (κ1) is 13.1. The van der Waals surface area contributed by atoms with Crippen molar-refractivity contribution in [2.24, 2.45) is 0 Å². The van der Waals surface area contributed by atoms with Crippen LogP contribution in [0.1, 0.15) is 32.6 Å². The number of allylic oxidation sites excluding steroid dienone is 1. The van der Waals surface area contributed by atoms with Crippen LogP contribution in [0, 0.1) is 0 Å². The summed E-state index contributed by atoms with van der Waals surface area (Å²) in [6.45, 7) is 2.35. The van der Waals surface area contributed by atoms with Gasteiger partial charge in [0.25, 0.3) is 0 Å². The first-order valence-corrected chi connectivity index (χ1v) is 4.80. The van der Waals surface area contributed by atoms with Gasteiger partial charge in [-0.3, -0.25) is 0 Å². The third-order valence-corrected chi connectivity index (χ3v) is 1.80. The van der Waals surface area contributed by atoms with Crippen molar-refractivity contribution >= 4 is 5.97 Å². The van der Waals surface area contributed by atoms with Crippen molar-refractivity contribution in [1.29, 1.82) is 0 Å². The lowest BCUT2D eigenvalue weighted by molar-refractivity contribution is -0.271. The Balaban J connectivity index is 3.88. The van der Waals surface area contributed by atoms with Crippen molar-refractivity contribution in [1.82, 2.24) is 0 Å². The van der Waals surface area contributed by atoms with Crippen molar-refractivity contribution in [3.63, 3.8) is 0 Å². The predicted molar refractivity (Wildman–Crippen MR) is 52.8 cm³/mol. The van der Waals surface area contributed by atoms with Crippen molar-refractivity contribution in [3.8, 4) is 0 Å². The monoisotopic (exact) mass is 202 g/mol. The highest BCUT2D eigenvalue weighted by Crippen LogP contribution is 2.06. The summed E-state index contributed by atoms with van der Waals surface area (Å²) in [5.41, 5.74) is 0.399. The molecule has 0 aromatic heterocycles. The van der Waals surface area contributed by atoms with Crippen molar-refractivity contribution in [3.05, 3.63) is 11.6 Å². The van der Waals surface area contributed by atoms with Crippen LogP contribution in [0.25, 0.3) is 0 Å². The molecule has 82 valence electrons. The molecule has 0 spiro atoms. The Kier molecular flexibility index (Phi) is 8.17. The Bertz CT molecular complexity index is 187. The van der Waals surface area contributed by atoms with Crippen LogP contribution in [0.2, 0.25) is 0 Å². The molecule has 0 aliphatic carbocycles. The van der Waals surface area contributed by atoms with Gasteiger partial charge in [0.05, 0.1) is 13.7 Å². The van der Waals surface area contributed by atoms with E-state index in [4.69, 9.17) is 5.11 Å². The zero-order valence-corrected chi connectivity index (χ0v) is 8.78. The fourth-order valence-electron chi connectivity index (χ4n) is 1.01. The van der Waals surface area contributed by atoms with E-state index in [-0.39, 0.29) is 6.61 Å². The Labute approximate surface area is 84.4 Å². The number of hydrogen-bond acceptors (Lipinski definition) is 3. The van der Waals surface area contributed by atoms with Gasteiger partial charge in [-0.1, -0.05) is 25.8 Å². The SMILES string of the molecule is CCCCC=C(CCOOC)C(=O)O. The first-order chi connectivity index (χ1) is 6.72. The molecule has 0 atom stereocenters. The molecule has 0 aliphatic heterocycles. The van der Waals surface area contributed by atoms with Crippen LogP contribution in [0.4, 0.5) is 0 Å².